The van der Waals surface area contributed by atoms with Crippen LogP contribution in [0.15, 0.2) is 29.2 Å². The number of rotatable bonds is 5. The van der Waals surface area contributed by atoms with Gasteiger partial charge in [0.25, 0.3) is 11.8 Å². The number of carbonyl (C=O) groups excluding carboxylic acids is 2. The molecule has 1 aliphatic carbocycles. The first kappa shape index (κ1) is 23.9. The standard InChI is InChI=1S/C24H31N3O4S2/c1-15-12-16(2)14-27(13-15)33(30,31)18-10-8-17(9-11-18)22(28)26-24-21(23(29)25-3)19-6-4-5-7-20(19)32-24/h8-11,15-16H,4-7,12-14H2,1-3H3,(H,25,29)(H,26,28). The van der Waals surface area contributed by atoms with Crippen molar-refractivity contribution in [3.8, 4) is 0 Å². The molecule has 9 heteroatoms. The third-order valence-electron chi connectivity index (χ3n) is 6.44. The molecule has 33 heavy (non-hydrogen) atoms. The number of nitrogens with zero attached hydrogens (tertiary/aromatic N) is 1. The summed E-state index contributed by atoms with van der Waals surface area (Å²) in [6.07, 6.45) is 4.89. The fourth-order valence-electron chi connectivity index (χ4n) is 4.92. The zero-order valence-corrected chi connectivity index (χ0v) is 20.9. The summed E-state index contributed by atoms with van der Waals surface area (Å²) in [5.41, 5.74) is 1.94. The number of sulfonamides is 1. The van der Waals surface area contributed by atoms with Crippen molar-refractivity contribution in [3.05, 3.63) is 45.8 Å². The number of nitrogens with one attached hydrogen (secondary N) is 2. The topological polar surface area (TPSA) is 95.6 Å². The number of aryl methyl sites for hydroxylation is 1. The zero-order chi connectivity index (χ0) is 23.8. The summed E-state index contributed by atoms with van der Waals surface area (Å²) in [7, 11) is -2.01. The molecular formula is C24H31N3O4S2. The first-order valence-corrected chi connectivity index (χ1v) is 13.7. The lowest BCUT2D eigenvalue weighted by Crippen LogP contribution is -2.42. The Bertz CT molecular complexity index is 1150. The predicted molar refractivity (Wildman–Crippen MR) is 130 cm³/mol. The molecule has 2 aromatic rings. The minimum atomic E-state index is -3.60. The third kappa shape index (κ3) is 4.85. The molecule has 1 aromatic carbocycles. The van der Waals surface area contributed by atoms with E-state index < -0.39 is 10.0 Å². The Morgan fingerprint density at radius 2 is 1.64 bits per heavy atom. The average molecular weight is 490 g/mol. The Balaban J connectivity index is 1.54. The van der Waals surface area contributed by atoms with Crippen molar-refractivity contribution >= 4 is 38.2 Å². The summed E-state index contributed by atoms with van der Waals surface area (Å²) in [6.45, 7) is 5.17. The second kappa shape index (κ2) is 9.56. The minimum Gasteiger partial charge on any atom is -0.355 e. The molecule has 0 saturated carbocycles. The van der Waals surface area contributed by atoms with Gasteiger partial charge in [0.2, 0.25) is 10.0 Å². The van der Waals surface area contributed by atoms with E-state index in [1.165, 1.54) is 35.6 Å². The predicted octanol–water partition coefficient (Wildman–Crippen LogP) is 3.91. The number of carbonyl (C=O) groups is 2. The smallest absolute Gasteiger partial charge is 0.256 e. The quantitative estimate of drug-likeness (QED) is 0.666. The Kier molecular flexibility index (Phi) is 6.93. The zero-order valence-electron chi connectivity index (χ0n) is 19.3. The van der Waals surface area contributed by atoms with Gasteiger partial charge < -0.3 is 10.6 Å². The summed E-state index contributed by atoms with van der Waals surface area (Å²) in [6, 6.07) is 6.05. The highest BCUT2D eigenvalue weighted by Crippen LogP contribution is 2.38. The van der Waals surface area contributed by atoms with Gasteiger partial charge in [-0.05, 0) is 73.8 Å². The van der Waals surface area contributed by atoms with Crippen molar-refractivity contribution in [1.82, 2.24) is 9.62 Å². The highest BCUT2D eigenvalue weighted by Gasteiger charge is 2.32. The number of hydrogen-bond acceptors (Lipinski definition) is 5. The van der Waals surface area contributed by atoms with Crippen LogP contribution in [-0.4, -0.2) is 44.7 Å². The molecule has 2 heterocycles. The number of fused-ring (bicyclic) bond motifs is 1. The third-order valence-corrected chi connectivity index (χ3v) is 9.50. The van der Waals surface area contributed by atoms with Crippen LogP contribution >= 0.6 is 11.3 Å². The summed E-state index contributed by atoms with van der Waals surface area (Å²) >= 11 is 1.46. The number of anilines is 1. The van der Waals surface area contributed by atoms with E-state index in [-0.39, 0.29) is 16.7 Å². The summed E-state index contributed by atoms with van der Waals surface area (Å²) in [4.78, 5) is 26.8. The molecule has 2 N–H and O–H groups in total. The lowest BCUT2D eigenvalue weighted by molar-refractivity contribution is 0.0963. The minimum absolute atomic E-state index is 0.193. The average Bonchev–Trinajstić information content (AvgIpc) is 3.15. The fraction of sp³-hybridized carbons (Fsp3) is 0.500. The van der Waals surface area contributed by atoms with Crippen molar-refractivity contribution < 1.29 is 18.0 Å². The molecule has 0 radical (unpaired) electrons. The van der Waals surface area contributed by atoms with E-state index in [1.807, 2.05) is 0 Å². The molecule has 1 saturated heterocycles. The van der Waals surface area contributed by atoms with Crippen molar-refractivity contribution in [2.24, 2.45) is 11.8 Å². The van der Waals surface area contributed by atoms with Crippen molar-refractivity contribution in [1.29, 1.82) is 0 Å². The number of benzene rings is 1. The second-order valence-corrected chi connectivity index (χ2v) is 12.3. The first-order valence-electron chi connectivity index (χ1n) is 11.5. The number of hydrogen-bond donors (Lipinski definition) is 2. The molecule has 2 atom stereocenters. The fourth-order valence-corrected chi connectivity index (χ4v) is 7.89. The lowest BCUT2D eigenvalue weighted by Gasteiger charge is -2.34. The van der Waals surface area contributed by atoms with E-state index in [0.29, 0.717) is 41.1 Å². The maximum Gasteiger partial charge on any atom is 0.256 e. The van der Waals surface area contributed by atoms with Crippen LogP contribution in [0.3, 0.4) is 0 Å². The molecule has 2 amide bonds. The number of piperidine rings is 1. The molecule has 7 nitrogen and oxygen atoms in total. The van der Waals surface area contributed by atoms with Crippen molar-refractivity contribution in [2.75, 3.05) is 25.5 Å². The summed E-state index contributed by atoms with van der Waals surface area (Å²) < 4.78 is 27.7. The Morgan fingerprint density at radius 1 is 1.00 bits per heavy atom. The highest BCUT2D eigenvalue weighted by atomic mass is 32.2. The van der Waals surface area contributed by atoms with E-state index >= 15 is 0 Å². The van der Waals surface area contributed by atoms with E-state index in [2.05, 4.69) is 24.5 Å². The molecule has 1 aromatic heterocycles. The van der Waals surface area contributed by atoms with Gasteiger partial charge in [0.05, 0.1) is 10.5 Å². The van der Waals surface area contributed by atoms with Gasteiger partial charge in [-0.2, -0.15) is 4.31 Å². The maximum absolute atomic E-state index is 13.1. The lowest BCUT2D eigenvalue weighted by atomic mass is 9.94. The van der Waals surface area contributed by atoms with Gasteiger partial charge >= 0.3 is 0 Å². The first-order chi connectivity index (χ1) is 15.7. The van der Waals surface area contributed by atoms with E-state index in [0.717, 1.165) is 42.5 Å². The van der Waals surface area contributed by atoms with Crippen LogP contribution in [0.2, 0.25) is 0 Å². The monoisotopic (exact) mass is 489 g/mol. The van der Waals surface area contributed by atoms with Gasteiger partial charge in [0, 0.05) is 30.6 Å². The highest BCUT2D eigenvalue weighted by molar-refractivity contribution is 7.89. The molecule has 2 unspecified atom stereocenters. The van der Waals surface area contributed by atoms with Gasteiger partial charge in [-0.15, -0.1) is 11.3 Å². The van der Waals surface area contributed by atoms with Gasteiger partial charge in [-0.3, -0.25) is 9.59 Å². The summed E-state index contributed by atoms with van der Waals surface area (Å²) in [5, 5.41) is 6.12. The van der Waals surface area contributed by atoms with Gasteiger partial charge in [-0.1, -0.05) is 13.8 Å². The van der Waals surface area contributed by atoms with Crippen LogP contribution in [0.5, 0.6) is 0 Å². The van der Waals surface area contributed by atoms with Gasteiger partial charge in [-0.25, -0.2) is 8.42 Å². The molecule has 178 valence electrons. The second-order valence-electron chi connectivity index (χ2n) is 9.24. The van der Waals surface area contributed by atoms with Crippen LogP contribution in [0, 0.1) is 11.8 Å². The number of thiophene rings is 1. The molecule has 0 bridgehead atoms. The molecule has 0 spiro atoms. The largest absolute Gasteiger partial charge is 0.355 e. The Morgan fingerprint density at radius 3 is 2.27 bits per heavy atom. The maximum atomic E-state index is 13.1. The molecular weight excluding hydrogens is 458 g/mol. The van der Waals surface area contributed by atoms with Crippen LogP contribution in [0.25, 0.3) is 0 Å². The van der Waals surface area contributed by atoms with E-state index in [4.69, 9.17) is 0 Å². The normalized spacial score (nSPS) is 21.3. The van der Waals surface area contributed by atoms with E-state index in [1.54, 1.807) is 11.4 Å². The van der Waals surface area contributed by atoms with Gasteiger partial charge in [0.15, 0.2) is 0 Å². The summed E-state index contributed by atoms with van der Waals surface area (Å²) in [5.74, 6) is 0.0819. The molecule has 4 rings (SSSR count). The van der Waals surface area contributed by atoms with Crippen LogP contribution in [0.1, 0.15) is 64.3 Å². The van der Waals surface area contributed by atoms with E-state index in [9.17, 15) is 18.0 Å². The Hall–Kier alpha value is -2.23. The van der Waals surface area contributed by atoms with Crippen molar-refractivity contribution in [2.45, 2.75) is 50.8 Å². The molecule has 1 aliphatic heterocycles. The number of amides is 2. The molecule has 1 fully saturated rings. The van der Waals surface area contributed by atoms with Crippen LogP contribution < -0.4 is 10.6 Å². The van der Waals surface area contributed by atoms with Crippen molar-refractivity contribution in [3.63, 3.8) is 0 Å². The Labute approximate surface area is 199 Å². The van der Waals surface area contributed by atoms with Crippen LogP contribution in [-0.2, 0) is 22.9 Å². The SMILES string of the molecule is CNC(=O)c1c(NC(=O)c2ccc(S(=O)(=O)N3CC(C)CC(C)C3)cc2)sc2c1CCCC2. The molecule has 2 aliphatic rings. The van der Waals surface area contributed by atoms with Gasteiger partial charge in [0.1, 0.15) is 5.00 Å². The van der Waals surface area contributed by atoms with Crippen LogP contribution in [0.4, 0.5) is 5.00 Å².